The molecule has 1 atom stereocenters. The monoisotopic (exact) mass is 456 g/mol. The van der Waals surface area contributed by atoms with E-state index in [4.69, 9.17) is 0 Å². The molecule has 0 N–H and O–H groups in total. The first-order valence-corrected chi connectivity index (χ1v) is 10.2. The van der Waals surface area contributed by atoms with Gasteiger partial charge in [-0.15, -0.1) is 0 Å². The fraction of sp³-hybridized carbons (Fsp3) is 0.261. The Morgan fingerprint density at radius 2 is 1.69 bits per heavy atom. The minimum Gasteiger partial charge on any atom is -0.318 e. The number of aryl methyl sites for hydroxylation is 1. The summed E-state index contributed by atoms with van der Waals surface area (Å²) in [5.74, 6) is 0.598. The van der Waals surface area contributed by atoms with Gasteiger partial charge in [0.1, 0.15) is 0 Å². The highest BCUT2D eigenvalue weighted by Crippen LogP contribution is 2.23. The summed E-state index contributed by atoms with van der Waals surface area (Å²) in [6.07, 6.45) is 3.14. The Kier molecular flexibility index (Phi) is 5.97. The molecule has 1 aromatic heterocycles. The topological polar surface area (TPSA) is 17.3 Å². The lowest BCUT2D eigenvalue weighted by Gasteiger charge is -2.09. The summed E-state index contributed by atoms with van der Waals surface area (Å²) in [5.41, 5.74) is 7.16. The van der Waals surface area contributed by atoms with Gasteiger partial charge in [0.25, 0.3) is 0 Å². The average Bonchev–Trinajstić information content (AvgIpc) is 2.94. The lowest BCUT2D eigenvalue weighted by Crippen LogP contribution is -1.99. The lowest BCUT2D eigenvalue weighted by molar-refractivity contribution is 0.734. The zero-order valence-corrected chi connectivity index (χ0v) is 18.0. The van der Waals surface area contributed by atoms with Gasteiger partial charge in [-0.25, -0.2) is 0 Å². The number of benzene rings is 2. The van der Waals surface area contributed by atoms with Crippen LogP contribution < -0.4 is 0 Å². The molecule has 3 heteroatoms. The predicted octanol–water partition coefficient (Wildman–Crippen LogP) is 6.96. The van der Waals surface area contributed by atoms with Crippen molar-refractivity contribution < 1.29 is 0 Å². The van der Waals surface area contributed by atoms with Crippen LogP contribution in [-0.2, 0) is 0 Å². The van der Waals surface area contributed by atoms with Gasteiger partial charge in [0, 0.05) is 32.4 Å². The Morgan fingerprint density at radius 3 is 2.31 bits per heavy atom. The highest BCUT2D eigenvalue weighted by molar-refractivity contribution is 14.1. The molecule has 3 rings (SSSR count). The maximum atomic E-state index is 4.69. The maximum absolute atomic E-state index is 4.69. The highest BCUT2D eigenvalue weighted by Gasteiger charge is 2.09. The van der Waals surface area contributed by atoms with Crippen molar-refractivity contribution in [1.82, 2.24) is 4.57 Å². The summed E-state index contributed by atoms with van der Waals surface area (Å²) in [7, 11) is 0. The third-order valence-corrected chi connectivity index (χ3v) is 5.70. The summed E-state index contributed by atoms with van der Waals surface area (Å²) < 4.78 is 3.53. The second-order valence-corrected chi connectivity index (χ2v) is 8.04. The number of nitrogens with zero attached hydrogens (tertiary/aromatic N) is 2. The van der Waals surface area contributed by atoms with Crippen molar-refractivity contribution in [1.29, 1.82) is 0 Å². The molecule has 26 heavy (non-hydrogen) atoms. The van der Waals surface area contributed by atoms with Gasteiger partial charge in [-0.3, -0.25) is 4.99 Å². The third kappa shape index (κ3) is 4.09. The molecule has 0 aliphatic heterocycles. The molecule has 3 aromatic rings. The van der Waals surface area contributed by atoms with E-state index in [9.17, 15) is 0 Å². The fourth-order valence-electron chi connectivity index (χ4n) is 3.17. The molecule has 134 valence electrons. The zero-order valence-electron chi connectivity index (χ0n) is 15.8. The molecule has 1 heterocycles. The Balaban J connectivity index is 1.85. The molecule has 0 fully saturated rings. The number of halogens is 1. The normalized spacial score (nSPS) is 12.7. The average molecular weight is 456 g/mol. The molecule has 0 aliphatic carbocycles. The van der Waals surface area contributed by atoms with Crippen LogP contribution in [0.1, 0.15) is 48.7 Å². The lowest BCUT2D eigenvalue weighted by atomic mass is 9.99. The Labute approximate surface area is 170 Å². The van der Waals surface area contributed by atoms with Crippen LogP contribution in [0.25, 0.3) is 5.69 Å². The Hall–Kier alpha value is -1.88. The van der Waals surface area contributed by atoms with E-state index >= 15 is 0 Å². The first-order chi connectivity index (χ1) is 12.5. The first kappa shape index (κ1) is 18.9. The number of aromatic nitrogens is 1. The van der Waals surface area contributed by atoms with E-state index in [2.05, 4.69) is 114 Å². The van der Waals surface area contributed by atoms with Crippen molar-refractivity contribution in [2.45, 2.75) is 40.0 Å². The van der Waals surface area contributed by atoms with Gasteiger partial charge in [-0.2, -0.15) is 0 Å². The Morgan fingerprint density at radius 1 is 1.04 bits per heavy atom. The number of rotatable bonds is 5. The van der Waals surface area contributed by atoms with Crippen molar-refractivity contribution in [2.24, 2.45) is 4.99 Å². The van der Waals surface area contributed by atoms with Crippen molar-refractivity contribution in [3.8, 4) is 5.69 Å². The first-order valence-electron chi connectivity index (χ1n) is 9.08. The molecule has 0 saturated carbocycles. The van der Waals surface area contributed by atoms with Crippen LogP contribution in [0.4, 0.5) is 5.69 Å². The van der Waals surface area contributed by atoms with E-state index in [1.54, 1.807) is 0 Å². The molecule has 2 aromatic carbocycles. The summed E-state index contributed by atoms with van der Waals surface area (Å²) >= 11 is 2.34. The number of hydrogen-bond donors (Lipinski definition) is 0. The quantitative estimate of drug-likeness (QED) is 0.292. The molecule has 0 radical (unpaired) electrons. The zero-order chi connectivity index (χ0) is 18.7. The third-order valence-electron chi connectivity index (χ3n) is 4.98. The van der Waals surface area contributed by atoms with Crippen LogP contribution in [-0.4, -0.2) is 10.8 Å². The van der Waals surface area contributed by atoms with E-state index in [0.717, 1.165) is 17.7 Å². The van der Waals surface area contributed by atoms with Crippen LogP contribution >= 0.6 is 22.6 Å². The second-order valence-electron chi connectivity index (χ2n) is 6.80. The second kappa shape index (κ2) is 8.21. The van der Waals surface area contributed by atoms with Gasteiger partial charge in [-0.05, 0) is 96.8 Å². The molecule has 0 aliphatic rings. The van der Waals surface area contributed by atoms with E-state index in [0.29, 0.717) is 5.92 Å². The van der Waals surface area contributed by atoms with Crippen molar-refractivity contribution >= 4 is 34.5 Å². The van der Waals surface area contributed by atoms with Gasteiger partial charge in [0.05, 0.1) is 5.69 Å². The van der Waals surface area contributed by atoms with Crippen molar-refractivity contribution in [3.63, 3.8) is 0 Å². The smallest absolute Gasteiger partial charge is 0.0630 e. The molecule has 0 unspecified atom stereocenters. The van der Waals surface area contributed by atoms with Crippen LogP contribution in [0, 0.1) is 17.4 Å². The number of hydrogen-bond acceptors (Lipinski definition) is 1. The van der Waals surface area contributed by atoms with Crippen molar-refractivity contribution in [3.05, 3.63) is 80.7 Å². The number of aliphatic imine (C=N–C) groups is 1. The minimum atomic E-state index is 0.598. The standard InChI is InChI=1S/C23H25IN2/c1-5-16(2)19-6-10-22(11-7-19)25-15-20-14-17(3)26(18(20)4)23-12-8-21(24)9-13-23/h6-16H,5H2,1-4H3/t16-/m0/s1. The molecule has 0 amide bonds. The molecule has 0 bridgehead atoms. The van der Waals surface area contributed by atoms with E-state index in [-0.39, 0.29) is 0 Å². The van der Waals surface area contributed by atoms with E-state index < -0.39 is 0 Å². The molecule has 0 spiro atoms. The van der Waals surface area contributed by atoms with Gasteiger partial charge >= 0.3 is 0 Å². The van der Waals surface area contributed by atoms with Crippen molar-refractivity contribution in [2.75, 3.05) is 0 Å². The van der Waals surface area contributed by atoms with Gasteiger partial charge < -0.3 is 4.57 Å². The van der Waals surface area contributed by atoms with Gasteiger partial charge in [-0.1, -0.05) is 26.0 Å². The maximum Gasteiger partial charge on any atom is 0.0630 e. The SMILES string of the molecule is CC[C@H](C)c1ccc(N=Cc2cc(C)n(-c3ccc(I)cc3)c2C)cc1. The molecule has 0 saturated heterocycles. The summed E-state index contributed by atoms with van der Waals surface area (Å²) in [6.45, 7) is 8.78. The minimum absolute atomic E-state index is 0.598. The van der Waals surface area contributed by atoms with Crippen LogP contribution in [0.5, 0.6) is 0 Å². The summed E-state index contributed by atoms with van der Waals surface area (Å²) in [6, 6.07) is 19.4. The Bertz CT molecular complexity index is 903. The largest absolute Gasteiger partial charge is 0.318 e. The summed E-state index contributed by atoms with van der Waals surface area (Å²) in [5, 5.41) is 0. The van der Waals surface area contributed by atoms with Gasteiger partial charge in [0.15, 0.2) is 0 Å². The van der Waals surface area contributed by atoms with Gasteiger partial charge in [0.2, 0.25) is 0 Å². The highest BCUT2D eigenvalue weighted by atomic mass is 127. The molecular weight excluding hydrogens is 431 g/mol. The van der Waals surface area contributed by atoms with Crippen LogP contribution in [0.3, 0.4) is 0 Å². The van der Waals surface area contributed by atoms with E-state index in [1.807, 2.05) is 6.21 Å². The predicted molar refractivity (Wildman–Crippen MR) is 120 cm³/mol. The fourth-order valence-corrected chi connectivity index (χ4v) is 3.53. The van der Waals surface area contributed by atoms with E-state index in [1.165, 1.54) is 26.2 Å². The van der Waals surface area contributed by atoms with Crippen LogP contribution in [0.2, 0.25) is 0 Å². The summed E-state index contributed by atoms with van der Waals surface area (Å²) in [4.78, 5) is 4.69. The molecular formula is C23H25IN2. The molecule has 2 nitrogen and oxygen atoms in total. The van der Waals surface area contributed by atoms with Crippen LogP contribution in [0.15, 0.2) is 59.6 Å².